The van der Waals surface area contributed by atoms with Crippen molar-refractivity contribution in [2.24, 2.45) is 5.41 Å². The molecule has 0 aromatic rings. The number of piperidine rings is 2. The van der Waals surface area contributed by atoms with Crippen LogP contribution in [0.1, 0.15) is 78.6 Å². The van der Waals surface area contributed by atoms with E-state index < -0.39 is 0 Å². The first-order valence-electron chi connectivity index (χ1n) is 11.0. The van der Waals surface area contributed by atoms with Crippen LogP contribution in [0.4, 0.5) is 0 Å². The SMILES string of the molecule is C=C(C)CC1(C)CCN(CCCCC/C(C)=C/C=C2/CCCNC2=C)CC1. The first-order valence-corrected chi connectivity index (χ1v) is 11.0. The molecular formula is C25H42N2. The van der Waals surface area contributed by atoms with Crippen LogP contribution in [-0.2, 0) is 0 Å². The molecule has 1 N–H and O–H groups in total. The number of nitrogens with zero attached hydrogens (tertiary/aromatic N) is 1. The summed E-state index contributed by atoms with van der Waals surface area (Å²) in [5, 5.41) is 3.36. The third-order valence-electron chi connectivity index (χ3n) is 6.26. The summed E-state index contributed by atoms with van der Waals surface area (Å²) < 4.78 is 0. The zero-order chi connectivity index (χ0) is 19.7. The zero-order valence-corrected chi connectivity index (χ0v) is 18.2. The Bertz CT molecular complexity index is 559. The summed E-state index contributed by atoms with van der Waals surface area (Å²) in [4.78, 5) is 2.68. The average Bonchev–Trinajstić information content (AvgIpc) is 2.61. The van der Waals surface area contributed by atoms with Crippen molar-refractivity contribution in [3.05, 3.63) is 47.7 Å². The molecule has 0 radical (unpaired) electrons. The van der Waals surface area contributed by atoms with Gasteiger partial charge in [0.05, 0.1) is 0 Å². The first kappa shape index (κ1) is 22.0. The van der Waals surface area contributed by atoms with Gasteiger partial charge in [-0.15, -0.1) is 6.58 Å². The van der Waals surface area contributed by atoms with Crippen LogP contribution in [0.15, 0.2) is 47.7 Å². The monoisotopic (exact) mass is 370 g/mol. The van der Waals surface area contributed by atoms with E-state index in [-0.39, 0.29) is 0 Å². The Morgan fingerprint density at radius 2 is 1.93 bits per heavy atom. The highest BCUT2D eigenvalue weighted by atomic mass is 15.1. The highest BCUT2D eigenvalue weighted by Crippen LogP contribution is 2.36. The van der Waals surface area contributed by atoms with Gasteiger partial charge in [0.15, 0.2) is 0 Å². The summed E-state index contributed by atoms with van der Waals surface area (Å²) in [6.07, 6.45) is 16.0. The fraction of sp³-hybridized carbons (Fsp3) is 0.680. The van der Waals surface area contributed by atoms with E-state index in [1.165, 1.54) is 87.7 Å². The second-order valence-electron chi connectivity index (χ2n) is 9.31. The van der Waals surface area contributed by atoms with Crippen LogP contribution in [0.2, 0.25) is 0 Å². The molecule has 152 valence electrons. The van der Waals surface area contributed by atoms with Crippen LogP contribution >= 0.6 is 0 Å². The molecule has 2 nitrogen and oxygen atoms in total. The third kappa shape index (κ3) is 8.09. The summed E-state index contributed by atoms with van der Waals surface area (Å²) in [6, 6.07) is 0. The van der Waals surface area contributed by atoms with Gasteiger partial charge in [-0.25, -0.2) is 0 Å². The molecule has 0 aliphatic carbocycles. The van der Waals surface area contributed by atoms with Crippen molar-refractivity contribution in [1.29, 1.82) is 0 Å². The molecule has 0 aromatic carbocycles. The molecule has 0 aromatic heterocycles. The van der Waals surface area contributed by atoms with E-state index in [2.05, 4.69) is 56.3 Å². The average molecular weight is 371 g/mol. The summed E-state index contributed by atoms with van der Waals surface area (Å²) in [7, 11) is 0. The predicted molar refractivity (Wildman–Crippen MR) is 120 cm³/mol. The van der Waals surface area contributed by atoms with E-state index in [9.17, 15) is 0 Å². The lowest BCUT2D eigenvalue weighted by molar-refractivity contribution is 0.117. The van der Waals surface area contributed by atoms with Crippen molar-refractivity contribution in [3.63, 3.8) is 0 Å². The van der Waals surface area contributed by atoms with Gasteiger partial charge in [0.25, 0.3) is 0 Å². The van der Waals surface area contributed by atoms with Crippen LogP contribution in [0.3, 0.4) is 0 Å². The smallest absolute Gasteiger partial charge is 0.0299 e. The van der Waals surface area contributed by atoms with Crippen LogP contribution in [0, 0.1) is 5.41 Å². The van der Waals surface area contributed by atoms with E-state index in [4.69, 9.17) is 0 Å². The molecule has 2 rings (SSSR count). The van der Waals surface area contributed by atoms with Gasteiger partial charge in [0.2, 0.25) is 0 Å². The van der Waals surface area contributed by atoms with Crippen LogP contribution < -0.4 is 5.32 Å². The number of nitrogens with one attached hydrogen (secondary N) is 1. The Morgan fingerprint density at radius 3 is 2.59 bits per heavy atom. The van der Waals surface area contributed by atoms with Crippen molar-refractivity contribution < 1.29 is 0 Å². The molecule has 2 heteroatoms. The number of rotatable bonds is 9. The summed E-state index contributed by atoms with van der Waals surface area (Å²) in [6.45, 7) is 20.0. The minimum absolute atomic E-state index is 0.498. The van der Waals surface area contributed by atoms with Gasteiger partial charge < -0.3 is 10.2 Å². The van der Waals surface area contributed by atoms with Gasteiger partial charge in [-0.05, 0) is 95.8 Å². The van der Waals surface area contributed by atoms with Crippen molar-refractivity contribution in [2.75, 3.05) is 26.2 Å². The van der Waals surface area contributed by atoms with E-state index in [1.807, 2.05) is 0 Å². The zero-order valence-electron chi connectivity index (χ0n) is 18.2. The van der Waals surface area contributed by atoms with E-state index in [1.54, 1.807) is 0 Å². The fourth-order valence-electron chi connectivity index (χ4n) is 4.43. The molecule has 0 unspecified atom stereocenters. The first-order chi connectivity index (χ1) is 12.9. The second kappa shape index (κ2) is 10.9. The molecule has 2 saturated heterocycles. The standard InChI is InChI=1S/C25H42N2/c1-21(2)20-25(5)14-18-27(19-15-25)17-8-6-7-10-22(3)12-13-24-11-9-16-26-23(24)4/h12-13,26H,1,4,6-11,14-20H2,2-3,5H3/b22-12+,24-13-. The number of hydrogen-bond acceptors (Lipinski definition) is 2. The number of unbranched alkanes of at least 4 members (excludes halogenated alkanes) is 2. The maximum absolute atomic E-state index is 4.11. The summed E-state index contributed by atoms with van der Waals surface area (Å²) in [5.74, 6) is 0. The van der Waals surface area contributed by atoms with Crippen LogP contribution in [0.5, 0.6) is 0 Å². The van der Waals surface area contributed by atoms with Crippen molar-refractivity contribution in [1.82, 2.24) is 10.2 Å². The Morgan fingerprint density at radius 1 is 1.19 bits per heavy atom. The Kier molecular flexibility index (Phi) is 8.89. The van der Waals surface area contributed by atoms with Crippen LogP contribution in [0.25, 0.3) is 0 Å². The van der Waals surface area contributed by atoms with Crippen LogP contribution in [-0.4, -0.2) is 31.1 Å². The minimum atomic E-state index is 0.498. The second-order valence-corrected chi connectivity index (χ2v) is 9.31. The molecule has 2 fully saturated rings. The van der Waals surface area contributed by atoms with Crippen molar-refractivity contribution in [3.8, 4) is 0 Å². The van der Waals surface area contributed by atoms with Gasteiger partial charge in [-0.2, -0.15) is 0 Å². The van der Waals surface area contributed by atoms with Gasteiger partial charge >= 0.3 is 0 Å². The highest BCUT2D eigenvalue weighted by Gasteiger charge is 2.29. The predicted octanol–water partition coefficient (Wildman–Crippen LogP) is 6.38. The molecule has 0 spiro atoms. The van der Waals surface area contributed by atoms with Crippen molar-refractivity contribution >= 4 is 0 Å². The summed E-state index contributed by atoms with van der Waals surface area (Å²) >= 11 is 0. The minimum Gasteiger partial charge on any atom is -0.385 e. The number of likely N-dealkylation sites (tertiary alicyclic amines) is 1. The normalized spacial score (nSPS) is 22.7. The van der Waals surface area contributed by atoms with Gasteiger partial charge in [-0.3, -0.25) is 0 Å². The number of hydrogen-bond donors (Lipinski definition) is 1. The van der Waals surface area contributed by atoms with Gasteiger partial charge in [0, 0.05) is 12.2 Å². The topological polar surface area (TPSA) is 15.3 Å². The molecular weight excluding hydrogens is 328 g/mol. The Balaban J connectivity index is 1.58. The molecule has 2 aliphatic heterocycles. The lowest BCUT2D eigenvalue weighted by atomic mass is 9.76. The lowest BCUT2D eigenvalue weighted by Gasteiger charge is -2.39. The largest absolute Gasteiger partial charge is 0.385 e. The van der Waals surface area contributed by atoms with Gasteiger partial charge in [0.1, 0.15) is 0 Å². The molecule has 2 heterocycles. The quantitative estimate of drug-likeness (QED) is 0.374. The van der Waals surface area contributed by atoms with E-state index >= 15 is 0 Å². The molecule has 0 amide bonds. The van der Waals surface area contributed by atoms with E-state index in [0.29, 0.717) is 5.41 Å². The van der Waals surface area contributed by atoms with Crippen molar-refractivity contribution in [2.45, 2.75) is 78.6 Å². The molecule has 2 aliphatic rings. The van der Waals surface area contributed by atoms with Gasteiger partial charge in [-0.1, -0.05) is 43.2 Å². The number of allylic oxidation sites excluding steroid dienone is 5. The Hall–Kier alpha value is -1.28. The molecule has 0 atom stereocenters. The molecule has 27 heavy (non-hydrogen) atoms. The maximum Gasteiger partial charge on any atom is 0.0299 e. The maximum atomic E-state index is 4.11. The lowest BCUT2D eigenvalue weighted by Crippen LogP contribution is -2.39. The third-order valence-corrected chi connectivity index (χ3v) is 6.26. The summed E-state index contributed by atoms with van der Waals surface area (Å²) in [5.41, 5.74) is 5.83. The van der Waals surface area contributed by atoms with E-state index in [0.717, 1.165) is 18.7 Å². The highest BCUT2D eigenvalue weighted by molar-refractivity contribution is 5.32. The Labute approximate surface area is 168 Å². The molecule has 0 saturated carbocycles. The molecule has 0 bridgehead atoms. The fourth-order valence-corrected chi connectivity index (χ4v) is 4.43.